The normalized spacial score (nSPS) is 13.7. The monoisotopic (exact) mass is 692 g/mol. The number of nitrogens with zero attached hydrogens (tertiary/aromatic N) is 3. The Bertz CT molecular complexity index is 2200. The van der Waals surface area contributed by atoms with Gasteiger partial charge in [0.1, 0.15) is 11.6 Å². The number of aromatic nitrogens is 3. The highest BCUT2D eigenvalue weighted by Gasteiger charge is 2.23. The second-order valence-electron chi connectivity index (χ2n) is 13.0. The van der Waals surface area contributed by atoms with Crippen molar-refractivity contribution in [1.29, 1.82) is 0 Å². The van der Waals surface area contributed by atoms with Crippen LogP contribution in [0.1, 0.15) is 55.2 Å². The third-order valence-corrected chi connectivity index (χ3v) is 9.65. The van der Waals surface area contributed by atoms with Crippen molar-refractivity contribution in [3.8, 4) is 5.69 Å². The minimum Gasteiger partial charge on any atom is -0.497 e. The summed E-state index contributed by atoms with van der Waals surface area (Å²) in [5.41, 5.74) is 3.30. The Hall–Kier alpha value is -5.46. The van der Waals surface area contributed by atoms with Crippen molar-refractivity contribution in [3.05, 3.63) is 137 Å². The molecule has 0 saturated carbocycles. The van der Waals surface area contributed by atoms with Crippen LogP contribution < -0.4 is 25.8 Å². The van der Waals surface area contributed by atoms with Crippen molar-refractivity contribution in [1.82, 2.24) is 24.8 Å². The van der Waals surface area contributed by atoms with E-state index >= 15 is 0 Å². The molecule has 1 unspecified atom stereocenters. The number of benzene rings is 3. The molecule has 1 amide bonds. The number of sulfonamides is 1. The summed E-state index contributed by atoms with van der Waals surface area (Å²) < 4.78 is 35.3. The Morgan fingerprint density at radius 1 is 0.900 bits per heavy atom. The van der Waals surface area contributed by atoms with Crippen LogP contribution in [0.25, 0.3) is 17.1 Å². The highest BCUT2D eigenvalue weighted by molar-refractivity contribution is 7.90. The molecule has 2 heterocycles. The number of carbonyl (C=O) groups is 1. The molecule has 6 rings (SSSR count). The van der Waals surface area contributed by atoms with Crippen molar-refractivity contribution in [2.75, 3.05) is 11.9 Å². The molecule has 11 nitrogen and oxygen atoms in total. The molecule has 1 aliphatic rings. The molecule has 3 aromatic carbocycles. The third kappa shape index (κ3) is 8.04. The Labute approximate surface area is 291 Å². The Kier molecular flexibility index (Phi) is 10.0. The molecular weight excluding hydrogens is 653 g/mol. The number of aliphatic hydroxyl groups excluding tert-OH is 1. The average molecular weight is 693 g/mol. The SMILES string of the molecule is CC(C)(C)c1cc(NC(O)NC2=c3ccccc3=C(OCCc3ccncc3)CC2)n(-c2ccc(C(=O)NS(=O)(=O)c3ccccc3)cc2)n1. The van der Waals surface area contributed by atoms with Crippen LogP contribution >= 0.6 is 0 Å². The van der Waals surface area contributed by atoms with Crippen LogP contribution in [-0.4, -0.2) is 47.2 Å². The number of amides is 1. The van der Waals surface area contributed by atoms with Gasteiger partial charge >= 0.3 is 0 Å². The van der Waals surface area contributed by atoms with Crippen molar-refractivity contribution in [2.45, 2.75) is 56.7 Å². The van der Waals surface area contributed by atoms with Gasteiger partial charge < -0.3 is 20.5 Å². The maximum absolute atomic E-state index is 12.9. The van der Waals surface area contributed by atoms with Gasteiger partial charge in [0.15, 0.2) is 0 Å². The number of hydrogen-bond donors (Lipinski definition) is 4. The number of fused-ring (bicyclic) bond motifs is 1. The van der Waals surface area contributed by atoms with E-state index in [-0.39, 0.29) is 15.9 Å². The zero-order valence-corrected chi connectivity index (χ0v) is 28.9. The first kappa shape index (κ1) is 34.4. The predicted molar refractivity (Wildman–Crippen MR) is 192 cm³/mol. The zero-order valence-electron chi connectivity index (χ0n) is 28.1. The third-order valence-electron chi connectivity index (χ3n) is 8.30. The number of hydrogen-bond acceptors (Lipinski definition) is 9. The fourth-order valence-electron chi connectivity index (χ4n) is 5.62. The fraction of sp³-hybridized carbons (Fsp3) is 0.237. The van der Waals surface area contributed by atoms with Gasteiger partial charge in [-0.25, -0.2) is 17.8 Å². The lowest BCUT2D eigenvalue weighted by Crippen LogP contribution is -2.43. The summed E-state index contributed by atoms with van der Waals surface area (Å²) >= 11 is 0. The van der Waals surface area contributed by atoms with Gasteiger partial charge in [-0.2, -0.15) is 5.10 Å². The van der Waals surface area contributed by atoms with Crippen molar-refractivity contribution >= 4 is 33.2 Å². The number of ether oxygens (including phenoxy) is 1. The highest BCUT2D eigenvalue weighted by Crippen LogP contribution is 2.27. The standard InChI is InChI=1S/C38H40N6O5S/c1-38(2,3)34-25-35(44(42-34)28-15-13-27(14-16-28)36(45)43-50(47,48)29-9-5-4-6-10-29)41-37(46)40-32-17-18-33(31-12-8-7-11-30(31)32)49-24-21-26-19-22-39-23-20-26/h4-16,19-20,22-23,25,37,40-41,46H,17-18,21,24H2,1-3H3,(H,43,45). The molecule has 0 fully saturated rings. The van der Waals surface area contributed by atoms with Gasteiger partial charge in [-0.05, 0) is 60.5 Å². The van der Waals surface area contributed by atoms with E-state index in [4.69, 9.17) is 9.84 Å². The van der Waals surface area contributed by atoms with Gasteiger partial charge in [-0.1, -0.05) is 63.2 Å². The minimum atomic E-state index is -4.03. The van der Waals surface area contributed by atoms with Crippen LogP contribution in [0.4, 0.5) is 5.82 Å². The number of pyridine rings is 1. The molecule has 50 heavy (non-hydrogen) atoms. The van der Waals surface area contributed by atoms with Crippen LogP contribution in [0.2, 0.25) is 0 Å². The van der Waals surface area contributed by atoms with Gasteiger partial charge in [0.05, 0.1) is 22.9 Å². The topological polar surface area (TPSA) is 147 Å². The molecular formula is C38H40N6O5S. The number of anilines is 1. The summed E-state index contributed by atoms with van der Waals surface area (Å²) in [5.74, 6) is 0.694. The van der Waals surface area contributed by atoms with E-state index in [0.717, 1.165) is 39.6 Å². The summed E-state index contributed by atoms with van der Waals surface area (Å²) in [6.45, 7) is 6.68. The van der Waals surface area contributed by atoms with Crippen LogP contribution in [0.3, 0.4) is 0 Å². The van der Waals surface area contributed by atoms with E-state index < -0.39 is 22.3 Å². The summed E-state index contributed by atoms with van der Waals surface area (Å²) in [4.78, 5) is 16.9. The van der Waals surface area contributed by atoms with E-state index in [9.17, 15) is 18.3 Å². The first-order chi connectivity index (χ1) is 24.0. The lowest BCUT2D eigenvalue weighted by Gasteiger charge is -2.23. The smallest absolute Gasteiger partial charge is 0.264 e. The predicted octanol–water partition coefficient (Wildman–Crippen LogP) is 3.93. The van der Waals surface area contributed by atoms with E-state index in [1.807, 2.05) is 63.2 Å². The van der Waals surface area contributed by atoms with Gasteiger partial charge in [-0.15, -0.1) is 0 Å². The maximum Gasteiger partial charge on any atom is 0.264 e. The fourth-order valence-corrected chi connectivity index (χ4v) is 6.62. The first-order valence-electron chi connectivity index (χ1n) is 16.4. The van der Waals surface area contributed by atoms with Crippen LogP contribution in [0.5, 0.6) is 0 Å². The molecule has 1 atom stereocenters. The Morgan fingerprint density at radius 2 is 1.58 bits per heavy atom. The molecule has 5 aromatic rings. The average Bonchev–Trinajstić information content (AvgIpc) is 3.54. The van der Waals surface area contributed by atoms with Gasteiger partial charge in [-0.3, -0.25) is 9.78 Å². The molecule has 4 N–H and O–H groups in total. The quantitative estimate of drug-likeness (QED) is 0.143. The lowest BCUT2D eigenvalue weighted by molar-refractivity contribution is 0.0981. The lowest BCUT2D eigenvalue weighted by atomic mass is 9.92. The molecule has 12 heteroatoms. The number of rotatable bonds is 12. The minimum absolute atomic E-state index is 0.00199. The van der Waals surface area contributed by atoms with Crippen molar-refractivity contribution in [3.63, 3.8) is 0 Å². The van der Waals surface area contributed by atoms with Crippen LogP contribution in [0, 0.1) is 0 Å². The Morgan fingerprint density at radius 3 is 2.28 bits per heavy atom. The Balaban J connectivity index is 1.20. The number of carbonyl (C=O) groups excluding carboxylic acids is 1. The van der Waals surface area contributed by atoms with Gasteiger partial charge in [0, 0.05) is 58.4 Å². The summed E-state index contributed by atoms with van der Waals surface area (Å²) in [6, 6.07) is 28.0. The summed E-state index contributed by atoms with van der Waals surface area (Å²) in [7, 11) is -4.03. The first-order valence-corrected chi connectivity index (χ1v) is 17.8. The molecule has 258 valence electrons. The van der Waals surface area contributed by atoms with Gasteiger partial charge in [0.25, 0.3) is 15.9 Å². The summed E-state index contributed by atoms with van der Waals surface area (Å²) in [6.07, 6.45) is 4.51. The number of nitrogens with one attached hydrogen (secondary N) is 3. The number of aliphatic hydroxyl groups is 1. The second-order valence-corrected chi connectivity index (χ2v) is 14.6. The highest BCUT2D eigenvalue weighted by atomic mass is 32.2. The van der Waals surface area contributed by atoms with E-state index in [1.54, 1.807) is 47.4 Å². The molecule has 0 saturated heterocycles. The van der Waals surface area contributed by atoms with Crippen LogP contribution in [0.15, 0.2) is 114 Å². The molecule has 1 aliphatic carbocycles. The van der Waals surface area contributed by atoms with Crippen LogP contribution in [-0.2, 0) is 26.6 Å². The maximum atomic E-state index is 12.9. The largest absolute Gasteiger partial charge is 0.497 e. The zero-order chi connectivity index (χ0) is 35.3. The molecule has 0 radical (unpaired) electrons. The van der Waals surface area contributed by atoms with Gasteiger partial charge in [0.2, 0.25) is 6.35 Å². The second kappa shape index (κ2) is 14.6. The van der Waals surface area contributed by atoms with Crippen molar-refractivity contribution in [2.24, 2.45) is 0 Å². The molecule has 0 aliphatic heterocycles. The van der Waals surface area contributed by atoms with E-state index in [1.165, 1.54) is 24.3 Å². The molecule has 0 bridgehead atoms. The van der Waals surface area contributed by atoms with E-state index in [0.29, 0.717) is 31.0 Å². The summed E-state index contributed by atoms with van der Waals surface area (Å²) in [5, 5.41) is 24.4. The molecule has 0 spiro atoms. The van der Waals surface area contributed by atoms with E-state index in [2.05, 4.69) is 20.3 Å². The van der Waals surface area contributed by atoms with Crippen molar-refractivity contribution < 1.29 is 23.1 Å². The molecule has 2 aromatic heterocycles.